The van der Waals surface area contributed by atoms with Crippen molar-refractivity contribution in [1.82, 2.24) is 10.2 Å². The predicted octanol–water partition coefficient (Wildman–Crippen LogP) is 2.63. The Balaban J connectivity index is 1.39. The molecule has 3 heterocycles. The number of ether oxygens (including phenoxy) is 1. The zero-order chi connectivity index (χ0) is 18.6. The molecule has 0 radical (unpaired) electrons. The lowest BCUT2D eigenvalue weighted by Gasteiger charge is -2.37. The van der Waals surface area contributed by atoms with Crippen LogP contribution in [0.4, 0.5) is 10.5 Å². The molecule has 0 bridgehead atoms. The molecule has 2 aromatic rings. The Morgan fingerprint density at radius 2 is 2.04 bits per heavy atom. The summed E-state index contributed by atoms with van der Waals surface area (Å²) in [5.74, 6) is 1.21. The first-order valence-electron chi connectivity index (χ1n) is 9.31. The number of furan rings is 1. The number of hydrogen-bond acceptors (Lipinski definition) is 4. The number of carbonyl (C=O) groups is 2. The molecule has 1 fully saturated rings. The van der Waals surface area contributed by atoms with Gasteiger partial charge in [-0.05, 0) is 37.1 Å². The highest BCUT2D eigenvalue weighted by Gasteiger charge is 2.33. The third kappa shape index (κ3) is 3.77. The van der Waals surface area contributed by atoms with Crippen molar-refractivity contribution in [2.75, 3.05) is 31.1 Å². The lowest BCUT2D eigenvalue weighted by Crippen LogP contribution is -2.52. The molecule has 0 aliphatic carbocycles. The molecular weight excluding hydrogens is 346 g/mol. The Morgan fingerprint density at radius 1 is 1.15 bits per heavy atom. The summed E-state index contributed by atoms with van der Waals surface area (Å²) in [5.41, 5.74) is 0.790. The van der Waals surface area contributed by atoms with E-state index < -0.39 is 0 Å². The van der Waals surface area contributed by atoms with Crippen LogP contribution in [0.5, 0.6) is 5.75 Å². The van der Waals surface area contributed by atoms with E-state index in [1.54, 1.807) is 22.1 Å². The van der Waals surface area contributed by atoms with Gasteiger partial charge in [-0.25, -0.2) is 4.79 Å². The summed E-state index contributed by atoms with van der Waals surface area (Å²) >= 11 is 0. The molecular formula is C20H23N3O4. The Morgan fingerprint density at radius 3 is 2.89 bits per heavy atom. The smallest absolute Gasteiger partial charge is 0.324 e. The first-order chi connectivity index (χ1) is 13.2. The molecule has 1 N–H and O–H groups in total. The van der Waals surface area contributed by atoms with Crippen molar-refractivity contribution in [3.8, 4) is 5.75 Å². The van der Waals surface area contributed by atoms with Crippen molar-refractivity contribution < 1.29 is 18.7 Å². The molecule has 7 nitrogen and oxygen atoms in total. The van der Waals surface area contributed by atoms with Gasteiger partial charge in [-0.3, -0.25) is 9.69 Å². The third-order valence-corrected chi connectivity index (χ3v) is 5.04. The molecule has 27 heavy (non-hydrogen) atoms. The SMILES string of the molecule is O=C(NCc1ccco1)[C@@H]1CCCN(C(=O)N2CCOc3ccccc32)C1. The summed E-state index contributed by atoms with van der Waals surface area (Å²) in [7, 11) is 0. The number of benzene rings is 1. The van der Waals surface area contributed by atoms with E-state index in [4.69, 9.17) is 9.15 Å². The Bertz CT molecular complexity index is 805. The monoisotopic (exact) mass is 369 g/mol. The number of nitrogens with one attached hydrogen (secondary N) is 1. The average Bonchev–Trinajstić information content (AvgIpc) is 3.25. The van der Waals surface area contributed by atoms with Crippen molar-refractivity contribution >= 4 is 17.6 Å². The van der Waals surface area contributed by atoms with Crippen molar-refractivity contribution in [1.29, 1.82) is 0 Å². The van der Waals surface area contributed by atoms with E-state index in [0.717, 1.165) is 30.0 Å². The van der Waals surface area contributed by atoms with Gasteiger partial charge in [0.2, 0.25) is 5.91 Å². The average molecular weight is 369 g/mol. The zero-order valence-corrected chi connectivity index (χ0v) is 15.1. The number of rotatable bonds is 3. The maximum Gasteiger partial charge on any atom is 0.324 e. The molecule has 1 aromatic carbocycles. The van der Waals surface area contributed by atoms with Crippen LogP contribution in [0, 0.1) is 5.92 Å². The number of likely N-dealkylation sites (tertiary alicyclic amines) is 1. The summed E-state index contributed by atoms with van der Waals surface area (Å²) in [6.07, 6.45) is 3.19. The molecule has 142 valence electrons. The number of anilines is 1. The minimum Gasteiger partial charge on any atom is -0.490 e. The van der Waals surface area contributed by atoms with Crippen molar-refractivity contribution in [3.05, 3.63) is 48.4 Å². The van der Waals surface area contributed by atoms with E-state index in [1.165, 1.54) is 0 Å². The lowest BCUT2D eigenvalue weighted by molar-refractivity contribution is -0.126. The van der Waals surface area contributed by atoms with Crippen LogP contribution in [0.2, 0.25) is 0 Å². The topological polar surface area (TPSA) is 75.0 Å². The van der Waals surface area contributed by atoms with Gasteiger partial charge in [-0.15, -0.1) is 0 Å². The van der Waals surface area contributed by atoms with Crippen molar-refractivity contribution in [2.45, 2.75) is 19.4 Å². The van der Waals surface area contributed by atoms with E-state index in [1.807, 2.05) is 30.3 Å². The molecule has 0 spiro atoms. The number of carbonyl (C=O) groups excluding carboxylic acids is 2. The number of piperidine rings is 1. The fourth-order valence-corrected chi connectivity index (χ4v) is 3.64. The second-order valence-corrected chi connectivity index (χ2v) is 6.83. The van der Waals surface area contributed by atoms with Gasteiger partial charge in [0, 0.05) is 13.1 Å². The van der Waals surface area contributed by atoms with Gasteiger partial charge in [0.15, 0.2) is 0 Å². The Kier molecular flexibility index (Phi) is 5.00. The lowest BCUT2D eigenvalue weighted by atomic mass is 9.97. The van der Waals surface area contributed by atoms with Crippen LogP contribution in [0.1, 0.15) is 18.6 Å². The minimum absolute atomic E-state index is 0.0359. The Labute approximate surface area is 157 Å². The first kappa shape index (κ1) is 17.5. The van der Waals surface area contributed by atoms with E-state index in [0.29, 0.717) is 32.8 Å². The Hall–Kier alpha value is -2.96. The molecule has 1 atom stereocenters. The van der Waals surface area contributed by atoms with Gasteiger partial charge >= 0.3 is 6.03 Å². The number of nitrogens with zero attached hydrogens (tertiary/aromatic N) is 2. The molecule has 7 heteroatoms. The normalized spacial score (nSPS) is 19.2. The molecule has 2 aliphatic rings. The molecule has 0 saturated carbocycles. The highest BCUT2D eigenvalue weighted by molar-refractivity contribution is 5.94. The van der Waals surface area contributed by atoms with E-state index in [-0.39, 0.29) is 17.9 Å². The van der Waals surface area contributed by atoms with E-state index >= 15 is 0 Å². The molecule has 2 aliphatic heterocycles. The molecule has 1 aromatic heterocycles. The fourth-order valence-electron chi connectivity index (χ4n) is 3.64. The van der Waals surface area contributed by atoms with Crippen LogP contribution >= 0.6 is 0 Å². The summed E-state index contributed by atoms with van der Waals surface area (Å²) in [6, 6.07) is 11.1. The first-order valence-corrected chi connectivity index (χ1v) is 9.31. The number of hydrogen-bond donors (Lipinski definition) is 1. The van der Waals surface area contributed by atoms with Crippen LogP contribution in [-0.2, 0) is 11.3 Å². The quantitative estimate of drug-likeness (QED) is 0.903. The number of urea groups is 1. The number of fused-ring (bicyclic) bond motifs is 1. The van der Waals surface area contributed by atoms with Gasteiger partial charge in [-0.1, -0.05) is 12.1 Å². The molecule has 1 saturated heterocycles. The molecule has 0 unspecified atom stereocenters. The third-order valence-electron chi connectivity index (χ3n) is 5.04. The summed E-state index contributed by atoms with van der Waals surface area (Å²) in [5, 5.41) is 2.91. The maximum absolute atomic E-state index is 13.1. The number of amides is 3. The van der Waals surface area contributed by atoms with Crippen LogP contribution in [0.15, 0.2) is 47.1 Å². The summed E-state index contributed by atoms with van der Waals surface area (Å²) in [6.45, 7) is 2.46. The highest BCUT2D eigenvalue weighted by Crippen LogP contribution is 2.32. The van der Waals surface area contributed by atoms with Crippen LogP contribution in [-0.4, -0.2) is 43.1 Å². The van der Waals surface area contributed by atoms with Crippen LogP contribution < -0.4 is 15.0 Å². The van der Waals surface area contributed by atoms with Gasteiger partial charge in [-0.2, -0.15) is 0 Å². The van der Waals surface area contributed by atoms with Gasteiger partial charge in [0.1, 0.15) is 18.1 Å². The molecule has 4 rings (SSSR count). The fraction of sp³-hybridized carbons (Fsp3) is 0.400. The van der Waals surface area contributed by atoms with E-state index in [9.17, 15) is 9.59 Å². The van der Waals surface area contributed by atoms with Crippen LogP contribution in [0.3, 0.4) is 0 Å². The minimum atomic E-state index is -0.200. The van der Waals surface area contributed by atoms with Gasteiger partial charge in [0.05, 0.1) is 31.0 Å². The van der Waals surface area contributed by atoms with Crippen molar-refractivity contribution in [3.63, 3.8) is 0 Å². The second-order valence-electron chi connectivity index (χ2n) is 6.83. The summed E-state index contributed by atoms with van der Waals surface area (Å²) in [4.78, 5) is 29.1. The van der Waals surface area contributed by atoms with Crippen molar-refractivity contribution in [2.24, 2.45) is 5.92 Å². The predicted molar refractivity (Wildman–Crippen MR) is 99.5 cm³/mol. The highest BCUT2D eigenvalue weighted by atomic mass is 16.5. The largest absolute Gasteiger partial charge is 0.490 e. The van der Waals surface area contributed by atoms with Gasteiger partial charge in [0.25, 0.3) is 0 Å². The molecule has 3 amide bonds. The standard InChI is InChI=1S/C20H23N3O4/c24-19(21-13-16-6-4-11-26-16)15-5-3-9-22(14-15)20(25)23-10-12-27-18-8-2-1-7-17(18)23/h1-2,4,6-8,11,15H,3,5,9-10,12-14H2,(H,21,24)/t15-/m1/s1. The van der Waals surface area contributed by atoms with E-state index in [2.05, 4.69) is 5.32 Å². The summed E-state index contributed by atoms with van der Waals surface area (Å²) < 4.78 is 10.9. The zero-order valence-electron chi connectivity index (χ0n) is 15.1. The van der Waals surface area contributed by atoms with Gasteiger partial charge < -0.3 is 19.4 Å². The number of para-hydroxylation sites is 2. The maximum atomic E-state index is 13.1. The second kappa shape index (κ2) is 7.73. The van der Waals surface area contributed by atoms with Crippen LogP contribution in [0.25, 0.3) is 0 Å².